The van der Waals surface area contributed by atoms with E-state index in [2.05, 4.69) is 21.9 Å². The van der Waals surface area contributed by atoms with E-state index in [1.54, 1.807) is 23.1 Å². The third-order valence-electron chi connectivity index (χ3n) is 8.02. The van der Waals surface area contributed by atoms with E-state index in [0.717, 1.165) is 30.9 Å². The van der Waals surface area contributed by atoms with Crippen molar-refractivity contribution in [2.75, 3.05) is 44.5 Å². The predicted octanol–water partition coefficient (Wildman–Crippen LogP) is 3.96. The first-order chi connectivity index (χ1) is 18.5. The number of fused-ring (bicyclic) bond motifs is 1. The predicted molar refractivity (Wildman–Crippen MR) is 142 cm³/mol. The Bertz CT molecular complexity index is 1310. The van der Waals surface area contributed by atoms with Gasteiger partial charge in [0, 0.05) is 38.4 Å². The van der Waals surface area contributed by atoms with E-state index in [9.17, 15) is 14.0 Å². The Morgan fingerprint density at radius 3 is 2.29 bits per heavy atom. The normalized spacial score (nSPS) is 19.1. The smallest absolute Gasteiger partial charge is 0.260 e. The van der Waals surface area contributed by atoms with Crippen LogP contribution in [0.15, 0.2) is 78.9 Å². The van der Waals surface area contributed by atoms with E-state index in [1.165, 1.54) is 12.1 Å². The lowest BCUT2D eigenvalue weighted by atomic mass is 9.85. The third-order valence-corrected chi connectivity index (χ3v) is 8.02. The lowest BCUT2D eigenvalue weighted by Gasteiger charge is -2.43. The van der Waals surface area contributed by atoms with Crippen LogP contribution in [0.2, 0.25) is 0 Å². The Kier molecular flexibility index (Phi) is 6.49. The molecule has 6 rings (SSSR count). The summed E-state index contributed by atoms with van der Waals surface area (Å²) in [4.78, 5) is 35.0. The van der Waals surface area contributed by atoms with Crippen LogP contribution in [-0.2, 0) is 11.3 Å². The van der Waals surface area contributed by atoms with Crippen LogP contribution in [0.1, 0.15) is 28.8 Å². The van der Waals surface area contributed by atoms with Crippen molar-refractivity contribution in [3.05, 3.63) is 95.8 Å². The molecule has 3 aliphatic rings. The number of halogens is 1. The molecular formula is C30H31FN4O3. The van der Waals surface area contributed by atoms with E-state index in [-0.39, 0.29) is 24.4 Å². The minimum Gasteiger partial charge on any atom is -0.472 e. The highest BCUT2D eigenvalue weighted by molar-refractivity contribution is 5.97. The summed E-state index contributed by atoms with van der Waals surface area (Å²) in [7, 11) is 0. The van der Waals surface area contributed by atoms with Crippen molar-refractivity contribution >= 4 is 17.5 Å². The first-order valence-electron chi connectivity index (χ1n) is 13.1. The van der Waals surface area contributed by atoms with Gasteiger partial charge in [0.1, 0.15) is 17.1 Å². The number of benzene rings is 3. The van der Waals surface area contributed by atoms with Gasteiger partial charge in [0.05, 0.1) is 12.2 Å². The number of amides is 2. The average molecular weight is 515 g/mol. The summed E-state index contributed by atoms with van der Waals surface area (Å²) in [6, 6.07) is 23.8. The van der Waals surface area contributed by atoms with Crippen molar-refractivity contribution in [2.45, 2.75) is 24.9 Å². The van der Waals surface area contributed by atoms with Gasteiger partial charge in [-0.05, 0) is 54.8 Å². The maximum Gasteiger partial charge on any atom is 0.260 e. The Morgan fingerprint density at radius 2 is 1.53 bits per heavy atom. The summed E-state index contributed by atoms with van der Waals surface area (Å²) in [6.45, 7) is 4.04. The molecule has 0 unspecified atom stereocenters. The first kappa shape index (κ1) is 24.4. The number of hydrogen-bond donors (Lipinski definition) is 0. The zero-order chi connectivity index (χ0) is 26.1. The standard InChI is InChI=1S/C30H31FN4O3/c31-24-12-10-23(11-13-24)20-34-21-35(25-6-2-1-3-7-25)30(29(34)37)14-16-32(17-15-30)18-19-33-22-38-27-9-5-4-8-26(27)28(33)36/h1-13H,14-22H2. The van der Waals surface area contributed by atoms with Crippen LogP contribution in [-0.4, -0.2) is 71.6 Å². The summed E-state index contributed by atoms with van der Waals surface area (Å²) in [5.74, 6) is 0.484. The van der Waals surface area contributed by atoms with E-state index < -0.39 is 5.54 Å². The quantitative estimate of drug-likeness (QED) is 0.499. The van der Waals surface area contributed by atoms with Gasteiger partial charge in [-0.1, -0.05) is 42.5 Å². The van der Waals surface area contributed by atoms with Crippen molar-refractivity contribution in [2.24, 2.45) is 0 Å². The zero-order valence-electron chi connectivity index (χ0n) is 21.3. The lowest BCUT2D eigenvalue weighted by molar-refractivity contribution is -0.134. The summed E-state index contributed by atoms with van der Waals surface area (Å²) in [5, 5.41) is 0. The number of likely N-dealkylation sites (tertiary alicyclic amines) is 1. The fourth-order valence-corrected chi connectivity index (χ4v) is 5.85. The molecule has 7 nitrogen and oxygen atoms in total. The molecule has 0 atom stereocenters. The summed E-state index contributed by atoms with van der Waals surface area (Å²) in [5.41, 5.74) is 1.94. The van der Waals surface area contributed by atoms with Crippen molar-refractivity contribution in [3.63, 3.8) is 0 Å². The Morgan fingerprint density at radius 1 is 0.816 bits per heavy atom. The van der Waals surface area contributed by atoms with Gasteiger partial charge in [-0.25, -0.2) is 4.39 Å². The minimum absolute atomic E-state index is 0.00186. The summed E-state index contributed by atoms with van der Waals surface area (Å²) in [6.07, 6.45) is 1.40. The minimum atomic E-state index is -0.610. The molecule has 0 aromatic heterocycles. The van der Waals surface area contributed by atoms with Crippen LogP contribution in [0.3, 0.4) is 0 Å². The number of carbonyl (C=O) groups excluding carboxylic acids is 2. The van der Waals surface area contributed by atoms with Crippen LogP contribution < -0.4 is 9.64 Å². The molecule has 3 aliphatic heterocycles. The van der Waals surface area contributed by atoms with E-state index in [0.29, 0.717) is 43.9 Å². The van der Waals surface area contributed by atoms with Gasteiger partial charge in [-0.15, -0.1) is 0 Å². The molecule has 2 amide bonds. The number of piperidine rings is 1. The molecular weight excluding hydrogens is 483 g/mol. The molecule has 3 heterocycles. The molecule has 0 saturated carbocycles. The highest BCUT2D eigenvalue weighted by Gasteiger charge is 2.53. The molecule has 2 fully saturated rings. The zero-order valence-corrected chi connectivity index (χ0v) is 21.3. The lowest BCUT2D eigenvalue weighted by Crippen LogP contribution is -2.57. The van der Waals surface area contributed by atoms with Gasteiger partial charge >= 0.3 is 0 Å². The van der Waals surface area contributed by atoms with Crippen molar-refractivity contribution in [1.82, 2.24) is 14.7 Å². The fourth-order valence-electron chi connectivity index (χ4n) is 5.85. The van der Waals surface area contributed by atoms with Crippen LogP contribution in [0.25, 0.3) is 0 Å². The van der Waals surface area contributed by atoms with Crippen molar-refractivity contribution < 1.29 is 18.7 Å². The highest BCUT2D eigenvalue weighted by Crippen LogP contribution is 2.40. The topological polar surface area (TPSA) is 56.3 Å². The monoisotopic (exact) mass is 514 g/mol. The fraction of sp³-hybridized carbons (Fsp3) is 0.333. The van der Waals surface area contributed by atoms with Gasteiger partial charge in [-0.2, -0.15) is 0 Å². The van der Waals surface area contributed by atoms with Gasteiger partial charge in [0.2, 0.25) is 5.91 Å². The molecule has 0 bridgehead atoms. The van der Waals surface area contributed by atoms with Crippen molar-refractivity contribution in [3.8, 4) is 5.75 Å². The maximum absolute atomic E-state index is 13.9. The molecule has 2 saturated heterocycles. The van der Waals surface area contributed by atoms with Gasteiger partial charge < -0.3 is 24.3 Å². The molecule has 1 spiro atoms. The molecule has 38 heavy (non-hydrogen) atoms. The number of rotatable bonds is 6. The van der Waals surface area contributed by atoms with Gasteiger partial charge in [-0.3, -0.25) is 9.59 Å². The van der Waals surface area contributed by atoms with E-state index in [4.69, 9.17) is 4.74 Å². The highest BCUT2D eigenvalue weighted by atomic mass is 19.1. The Hall–Kier alpha value is -3.91. The van der Waals surface area contributed by atoms with Crippen LogP contribution in [0.5, 0.6) is 5.75 Å². The van der Waals surface area contributed by atoms with Crippen molar-refractivity contribution in [1.29, 1.82) is 0 Å². The first-order valence-corrected chi connectivity index (χ1v) is 13.1. The molecule has 0 radical (unpaired) electrons. The second-order valence-corrected chi connectivity index (χ2v) is 10.2. The Balaban J connectivity index is 1.14. The molecule has 0 aliphatic carbocycles. The number of anilines is 1. The van der Waals surface area contributed by atoms with E-state index in [1.807, 2.05) is 41.3 Å². The van der Waals surface area contributed by atoms with Gasteiger partial charge in [0.25, 0.3) is 5.91 Å². The van der Waals surface area contributed by atoms with Crippen LogP contribution >= 0.6 is 0 Å². The molecule has 8 heteroatoms. The van der Waals surface area contributed by atoms with Crippen LogP contribution in [0, 0.1) is 5.82 Å². The van der Waals surface area contributed by atoms with Gasteiger partial charge in [0.15, 0.2) is 6.73 Å². The number of hydrogen-bond acceptors (Lipinski definition) is 5. The summed E-state index contributed by atoms with van der Waals surface area (Å²) >= 11 is 0. The Labute approximate surface area is 222 Å². The average Bonchev–Trinajstić information content (AvgIpc) is 3.21. The molecule has 0 N–H and O–H groups in total. The number of para-hydroxylation sites is 2. The summed E-state index contributed by atoms with van der Waals surface area (Å²) < 4.78 is 19.2. The second-order valence-electron chi connectivity index (χ2n) is 10.2. The second kappa shape index (κ2) is 10.1. The number of carbonyl (C=O) groups is 2. The SMILES string of the molecule is O=C1c2ccccc2OCN1CCN1CCC2(CC1)C(=O)N(Cc1ccc(F)cc1)CN2c1ccccc1. The van der Waals surface area contributed by atoms with E-state index >= 15 is 0 Å². The molecule has 3 aromatic rings. The largest absolute Gasteiger partial charge is 0.472 e. The third kappa shape index (κ3) is 4.49. The number of ether oxygens (including phenoxy) is 1. The number of nitrogens with zero attached hydrogens (tertiary/aromatic N) is 4. The molecule has 3 aromatic carbocycles. The maximum atomic E-state index is 13.9. The molecule has 196 valence electrons. The van der Waals surface area contributed by atoms with Crippen LogP contribution in [0.4, 0.5) is 10.1 Å².